The van der Waals surface area contributed by atoms with Crippen LogP contribution in [-0.4, -0.2) is 10.9 Å². The first kappa shape index (κ1) is 15.4. The number of carbonyl (C=O) groups excluding carboxylic acids is 1. The molecule has 3 nitrogen and oxygen atoms in total. The number of nitrogens with zero attached hydrogens (tertiary/aromatic N) is 1. The third-order valence-corrected chi connectivity index (χ3v) is 5.94. The van der Waals surface area contributed by atoms with Crippen LogP contribution in [0.5, 0.6) is 0 Å². The van der Waals surface area contributed by atoms with Gasteiger partial charge >= 0.3 is 0 Å². The second-order valence-corrected chi connectivity index (χ2v) is 7.46. The lowest BCUT2D eigenvalue weighted by atomic mass is 10.2. The molecule has 1 aromatic carbocycles. The average molecular weight is 362 g/mol. The number of hydrogen-bond donors (Lipinski definition) is 1. The van der Waals surface area contributed by atoms with Crippen LogP contribution in [0.2, 0.25) is 0 Å². The summed E-state index contributed by atoms with van der Waals surface area (Å²) in [6.07, 6.45) is 2.86. The van der Waals surface area contributed by atoms with Crippen LogP contribution in [0.1, 0.15) is 27.3 Å². The van der Waals surface area contributed by atoms with Crippen molar-refractivity contribution in [3.05, 3.63) is 57.4 Å². The van der Waals surface area contributed by atoms with Crippen molar-refractivity contribution in [2.45, 2.75) is 19.3 Å². The standard InChI is InChI=1S/C17H12F2N2OS2/c18-10-3-1-4-11(19)14(10)16(22)21-17-20-12-5-2-6-13-9(7-8-23-13)15(12)24-17/h1,3-4,7-8H,2,5-6H2,(H,20,21,22). The maximum absolute atomic E-state index is 13.7. The van der Waals surface area contributed by atoms with Crippen molar-refractivity contribution in [2.75, 3.05) is 5.32 Å². The second-order valence-electron chi connectivity index (χ2n) is 5.46. The normalized spacial score (nSPS) is 13.1. The third-order valence-electron chi connectivity index (χ3n) is 3.92. The van der Waals surface area contributed by atoms with Gasteiger partial charge in [0.25, 0.3) is 5.91 Å². The fourth-order valence-corrected chi connectivity index (χ4v) is 4.86. The molecule has 0 atom stereocenters. The van der Waals surface area contributed by atoms with Crippen molar-refractivity contribution in [1.29, 1.82) is 0 Å². The van der Waals surface area contributed by atoms with Gasteiger partial charge in [0.05, 0.1) is 10.6 Å². The number of anilines is 1. The molecule has 24 heavy (non-hydrogen) atoms. The third kappa shape index (κ3) is 2.63. The molecule has 0 radical (unpaired) electrons. The molecule has 1 amide bonds. The summed E-state index contributed by atoms with van der Waals surface area (Å²) in [6, 6.07) is 5.41. The molecular formula is C17H12F2N2OS2. The van der Waals surface area contributed by atoms with E-state index >= 15 is 0 Å². The van der Waals surface area contributed by atoms with Gasteiger partial charge in [-0.05, 0) is 42.8 Å². The molecule has 4 rings (SSSR count). The van der Waals surface area contributed by atoms with Gasteiger partial charge < -0.3 is 0 Å². The summed E-state index contributed by atoms with van der Waals surface area (Å²) >= 11 is 3.07. The molecule has 1 aliphatic rings. The van der Waals surface area contributed by atoms with Gasteiger partial charge in [0.2, 0.25) is 0 Å². The minimum Gasteiger partial charge on any atom is -0.298 e. The predicted molar refractivity (Wildman–Crippen MR) is 91.8 cm³/mol. The Morgan fingerprint density at radius 3 is 2.75 bits per heavy atom. The summed E-state index contributed by atoms with van der Waals surface area (Å²) in [5.74, 6) is -2.59. The summed E-state index contributed by atoms with van der Waals surface area (Å²) < 4.78 is 27.4. The SMILES string of the molecule is O=C(Nc1nc2c(s1)-c1ccsc1CCC2)c1c(F)cccc1F. The van der Waals surface area contributed by atoms with Crippen LogP contribution in [0.3, 0.4) is 0 Å². The van der Waals surface area contributed by atoms with Crippen LogP contribution in [0.15, 0.2) is 29.6 Å². The lowest BCUT2D eigenvalue weighted by Crippen LogP contribution is -2.15. The van der Waals surface area contributed by atoms with Crippen molar-refractivity contribution < 1.29 is 13.6 Å². The molecule has 2 heterocycles. The second kappa shape index (κ2) is 6.07. The number of hydrogen-bond acceptors (Lipinski definition) is 4. The molecule has 2 aromatic heterocycles. The van der Waals surface area contributed by atoms with E-state index in [4.69, 9.17) is 0 Å². The van der Waals surface area contributed by atoms with Gasteiger partial charge in [-0.15, -0.1) is 11.3 Å². The average Bonchev–Trinajstić information content (AvgIpc) is 3.11. The lowest BCUT2D eigenvalue weighted by Gasteiger charge is -2.04. The quantitative estimate of drug-likeness (QED) is 0.705. The molecule has 0 bridgehead atoms. The molecule has 0 saturated heterocycles. The van der Waals surface area contributed by atoms with Crippen molar-refractivity contribution in [3.8, 4) is 10.4 Å². The Kier molecular flexibility index (Phi) is 3.90. The Morgan fingerprint density at radius 2 is 1.96 bits per heavy atom. The highest BCUT2D eigenvalue weighted by Crippen LogP contribution is 2.40. The molecule has 0 spiro atoms. The van der Waals surface area contributed by atoms with Gasteiger partial charge in [0.1, 0.15) is 17.2 Å². The van der Waals surface area contributed by atoms with Gasteiger partial charge in [-0.3, -0.25) is 10.1 Å². The smallest absolute Gasteiger partial charge is 0.263 e. The number of thiophene rings is 1. The Hall–Kier alpha value is -2.12. The molecule has 1 aliphatic carbocycles. The van der Waals surface area contributed by atoms with E-state index in [0.29, 0.717) is 5.13 Å². The van der Waals surface area contributed by atoms with Crippen molar-refractivity contribution in [3.63, 3.8) is 0 Å². The summed E-state index contributed by atoms with van der Waals surface area (Å²) in [5.41, 5.74) is 1.50. The van der Waals surface area contributed by atoms with Gasteiger partial charge in [0, 0.05) is 10.4 Å². The summed E-state index contributed by atoms with van der Waals surface area (Å²) in [7, 11) is 0. The molecular weight excluding hydrogens is 350 g/mol. The van der Waals surface area contributed by atoms with E-state index in [1.54, 1.807) is 11.3 Å². The molecule has 0 saturated carbocycles. The minimum absolute atomic E-state index is 0.367. The Balaban J connectivity index is 1.66. The van der Waals surface area contributed by atoms with E-state index in [-0.39, 0.29) is 0 Å². The number of halogens is 2. The van der Waals surface area contributed by atoms with Gasteiger partial charge in [-0.25, -0.2) is 13.8 Å². The van der Waals surface area contributed by atoms with Crippen LogP contribution in [0.25, 0.3) is 10.4 Å². The fourth-order valence-electron chi connectivity index (χ4n) is 2.81. The number of amides is 1. The minimum atomic E-state index is -0.884. The van der Waals surface area contributed by atoms with Crippen LogP contribution < -0.4 is 5.32 Å². The van der Waals surface area contributed by atoms with E-state index in [1.807, 2.05) is 5.38 Å². The Bertz CT molecular complexity index is 912. The number of thiazole rings is 1. The topological polar surface area (TPSA) is 42.0 Å². The molecule has 1 N–H and O–H groups in total. The zero-order chi connectivity index (χ0) is 16.7. The summed E-state index contributed by atoms with van der Waals surface area (Å²) in [6.45, 7) is 0. The number of carbonyl (C=O) groups is 1. The van der Waals surface area contributed by atoms with Crippen molar-refractivity contribution in [2.24, 2.45) is 0 Å². The first-order valence-corrected chi connectivity index (χ1v) is 9.15. The number of aryl methyl sites for hydroxylation is 2. The molecule has 7 heteroatoms. The van der Waals surface area contributed by atoms with Crippen molar-refractivity contribution >= 4 is 33.7 Å². The highest BCUT2D eigenvalue weighted by atomic mass is 32.1. The molecule has 0 unspecified atom stereocenters. The fraction of sp³-hybridized carbons (Fsp3) is 0.176. The number of benzene rings is 1. The van der Waals surface area contributed by atoms with Crippen LogP contribution in [0.4, 0.5) is 13.9 Å². The summed E-state index contributed by atoms with van der Waals surface area (Å²) in [5, 5.41) is 4.95. The zero-order valence-electron chi connectivity index (χ0n) is 12.4. The van der Waals surface area contributed by atoms with Gasteiger partial charge in [0.15, 0.2) is 5.13 Å². The van der Waals surface area contributed by atoms with Crippen LogP contribution in [0, 0.1) is 11.6 Å². The molecule has 0 aliphatic heterocycles. The first-order valence-electron chi connectivity index (χ1n) is 7.45. The molecule has 3 aromatic rings. The molecule has 0 fully saturated rings. The van der Waals surface area contributed by atoms with Crippen molar-refractivity contribution in [1.82, 2.24) is 4.98 Å². The maximum Gasteiger partial charge on any atom is 0.263 e. The van der Waals surface area contributed by atoms with E-state index in [2.05, 4.69) is 16.4 Å². The van der Waals surface area contributed by atoms with E-state index < -0.39 is 23.1 Å². The largest absolute Gasteiger partial charge is 0.298 e. The van der Waals surface area contributed by atoms with Crippen LogP contribution in [-0.2, 0) is 12.8 Å². The number of nitrogens with one attached hydrogen (secondary N) is 1. The highest BCUT2D eigenvalue weighted by Gasteiger charge is 2.23. The number of rotatable bonds is 2. The highest BCUT2D eigenvalue weighted by molar-refractivity contribution is 7.19. The zero-order valence-corrected chi connectivity index (χ0v) is 14.1. The van der Waals surface area contributed by atoms with Gasteiger partial charge in [-0.2, -0.15) is 0 Å². The predicted octanol–water partition coefficient (Wildman–Crippen LogP) is 4.89. The number of aromatic nitrogens is 1. The van der Waals surface area contributed by atoms with E-state index in [0.717, 1.165) is 47.5 Å². The van der Waals surface area contributed by atoms with Crippen LogP contribution >= 0.6 is 22.7 Å². The lowest BCUT2D eigenvalue weighted by molar-refractivity contribution is 0.101. The Morgan fingerprint density at radius 1 is 1.17 bits per heavy atom. The van der Waals surface area contributed by atoms with E-state index in [1.165, 1.54) is 22.3 Å². The van der Waals surface area contributed by atoms with Gasteiger partial charge in [-0.1, -0.05) is 17.4 Å². The van der Waals surface area contributed by atoms with E-state index in [9.17, 15) is 13.6 Å². The monoisotopic (exact) mass is 362 g/mol. The maximum atomic E-state index is 13.7. The number of fused-ring (bicyclic) bond motifs is 3. The Labute approximate surface area is 145 Å². The molecule has 122 valence electrons. The first-order chi connectivity index (χ1) is 11.6. The summed E-state index contributed by atoms with van der Waals surface area (Å²) in [4.78, 5) is 19.0.